The van der Waals surface area contributed by atoms with Crippen molar-refractivity contribution in [2.24, 2.45) is 11.8 Å². The molecule has 0 fully saturated rings. The van der Waals surface area contributed by atoms with Gasteiger partial charge in [-0.15, -0.1) is 0 Å². The Morgan fingerprint density at radius 2 is 2.10 bits per heavy atom. The van der Waals surface area contributed by atoms with Crippen molar-refractivity contribution in [2.75, 3.05) is 5.33 Å². The molecule has 1 heteroatoms. The summed E-state index contributed by atoms with van der Waals surface area (Å²) in [5.41, 5.74) is 1.41. The van der Waals surface area contributed by atoms with Gasteiger partial charge < -0.3 is 0 Å². The van der Waals surface area contributed by atoms with Gasteiger partial charge in [-0.3, -0.25) is 0 Å². The van der Waals surface area contributed by atoms with Gasteiger partial charge in [0, 0.05) is 5.33 Å². The molecule has 1 rings (SSSR count). The zero-order valence-electron chi connectivity index (χ0n) is 6.47. The van der Waals surface area contributed by atoms with Gasteiger partial charge in [0.2, 0.25) is 0 Å². The van der Waals surface area contributed by atoms with Gasteiger partial charge in [0.25, 0.3) is 0 Å². The van der Waals surface area contributed by atoms with E-state index in [0.717, 1.165) is 5.33 Å². The monoisotopic (exact) mass is 200 g/mol. The van der Waals surface area contributed by atoms with Crippen LogP contribution in [0.15, 0.2) is 23.8 Å². The predicted molar refractivity (Wildman–Crippen MR) is 49.3 cm³/mol. The fraction of sp³-hybridized carbons (Fsp3) is 0.556. The van der Waals surface area contributed by atoms with E-state index in [1.165, 1.54) is 5.57 Å². The second-order valence-corrected chi connectivity index (χ2v) is 3.51. The van der Waals surface area contributed by atoms with Crippen molar-refractivity contribution in [3.05, 3.63) is 23.8 Å². The van der Waals surface area contributed by atoms with Crippen molar-refractivity contribution in [1.29, 1.82) is 0 Å². The topological polar surface area (TPSA) is 0 Å². The highest BCUT2D eigenvalue weighted by atomic mass is 79.9. The van der Waals surface area contributed by atoms with Gasteiger partial charge in [0.1, 0.15) is 0 Å². The lowest BCUT2D eigenvalue weighted by molar-refractivity contribution is 0.549. The first kappa shape index (κ1) is 8.06. The molecule has 0 aromatic heterocycles. The Morgan fingerprint density at radius 3 is 2.60 bits per heavy atom. The van der Waals surface area contributed by atoms with Crippen LogP contribution in [0.2, 0.25) is 0 Å². The standard InChI is InChI=1S/C9H13Br/c1-7-3-4-9(6-10)5-8(7)2/h3-5,7-8H,6H2,1-2H3. The summed E-state index contributed by atoms with van der Waals surface area (Å²) in [4.78, 5) is 0. The van der Waals surface area contributed by atoms with Crippen LogP contribution < -0.4 is 0 Å². The second-order valence-electron chi connectivity index (χ2n) is 2.95. The molecule has 0 heterocycles. The van der Waals surface area contributed by atoms with Gasteiger partial charge in [-0.2, -0.15) is 0 Å². The van der Waals surface area contributed by atoms with Crippen molar-refractivity contribution in [3.63, 3.8) is 0 Å². The number of hydrogen-bond donors (Lipinski definition) is 0. The first-order valence-corrected chi connectivity index (χ1v) is 4.81. The lowest BCUT2D eigenvalue weighted by Gasteiger charge is -2.17. The Bertz CT molecular complexity index is 168. The minimum atomic E-state index is 0.706. The van der Waals surface area contributed by atoms with E-state index in [2.05, 4.69) is 48.0 Å². The van der Waals surface area contributed by atoms with Crippen molar-refractivity contribution >= 4 is 15.9 Å². The third-order valence-electron chi connectivity index (χ3n) is 2.07. The SMILES string of the molecule is CC1C=CC(CBr)=CC1C. The Balaban J connectivity index is 2.66. The van der Waals surface area contributed by atoms with Crippen molar-refractivity contribution in [1.82, 2.24) is 0 Å². The molecule has 2 atom stereocenters. The highest BCUT2D eigenvalue weighted by Gasteiger charge is 2.10. The predicted octanol–water partition coefficient (Wildman–Crippen LogP) is 3.15. The summed E-state index contributed by atoms with van der Waals surface area (Å²) < 4.78 is 0. The molecule has 0 N–H and O–H groups in total. The molecule has 0 bridgehead atoms. The summed E-state index contributed by atoms with van der Waals surface area (Å²) in [5, 5.41) is 0.987. The molecule has 0 nitrogen and oxygen atoms in total. The molecule has 0 saturated heterocycles. The maximum Gasteiger partial charge on any atom is 0.0279 e. The molecule has 2 unspecified atom stereocenters. The molecule has 1 aliphatic carbocycles. The molecule has 1 aliphatic rings. The lowest BCUT2D eigenvalue weighted by Crippen LogP contribution is -2.06. The Kier molecular flexibility index (Phi) is 2.72. The van der Waals surface area contributed by atoms with Crippen LogP contribution in [-0.4, -0.2) is 5.33 Å². The lowest BCUT2D eigenvalue weighted by atomic mass is 9.89. The minimum Gasteiger partial charge on any atom is -0.0876 e. The van der Waals surface area contributed by atoms with Gasteiger partial charge in [-0.1, -0.05) is 48.0 Å². The second kappa shape index (κ2) is 3.38. The average molecular weight is 201 g/mol. The van der Waals surface area contributed by atoms with Gasteiger partial charge in [0.05, 0.1) is 0 Å². The van der Waals surface area contributed by atoms with Gasteiger partial charge in [-0.25, -0.2) is 0 Å². The van der Waals surface area contributed by atoms with Crippen molar-refractivity contribution in [2.45, 2.75) is 13.8 Å². The number of hydrogen-bond acceptors (Lipinski definition) is 0. The summed E-state index contributed by atoms with van der Waals surface area (Å²) in [6.45, 7) is 4.51. The van der Waals surface area contributed by atoms with Crippen LogP contribution in [-0.2, 0) is 0 Å². The molecular formula is C9H13Br. The highest BCUT2D eigenvalue weighted by Crippen LogP contribution is 2.22. The van der Waals surface area contributed by atoms with Crippen LogP contribution in [0, 0.1) is 11.8 Å². The highest BCUT2D eigenvalue weighted by molar-refractivity contribution is 9.09. The van der Waals surface area contributed by atoms with Crippen LogP contribution >= 0.6 is 15.9 Å². The zero-order chi connectivity index (χ0) is 7.56. The number of rotatable bonds is 1. The molecule has 0 spiro atoms. The molecule has 56 valence electrons. The Morgan fingerprint density at radius 1 is 1.40 bits per heavy atom. The number of alkyl halides is 1. The van der Waals surface area contributed by atoms with E-state index in [1.54, 1.807) is 0 Å². The molecule has 10 heavy (non-hydrogen) atoms. The third kappa shape index (κ3) is 1.72. The quantitative estimate of drug-likeness (QED) is 0.571. The molecule has 0 radical (unpaired) electrons. The van der Waals surface area contributed by atoms with E-state index in [-0.39, 0.29) is 0 Å². The normalized spacial score (nSPS) is 32.1. The van der Waals surface area contributed by atoms with E-state index >= 15 is 0 Å². The Labute approximate surface area is 71.1 Å². The minimum absolute atomic E-state index is 0.706. The van der Waals surface area contributed by atoms with Crippen LogP contribution in [0.5, 0.6) is 0 Å². The van der Waals surface area contributed by atoms with E-state index < -0.39 is 0 Å². The average Bonchev–Trinajstić information content (AvgIpc) is 1.95. The van der Waals surface area contributed by atoms with Crippen LogP contribution in [0.4, 0.5) is 0 Å². The third-order valence-corrected chi connectivity index (χ3v) is 2.72. The van der Waals surface area contributed by atoms with Crippen molar-refractivity contribution < 1.29 is 0 Å². The van der Waals surface area contributed by atoms with Gasteiger partial charge in [-0.05, 0) is 17.4 Å². The number of halogens is 1. The number of allylic oxidation sites excluding steroid dienone is 4. The summed E-state index contributed by atoms with van der Waals surface area (Å²) in [7, 11) is 0. The van der Waals surface area contributed by atoms with E-state index in [4.69, 9.17) is 0 Å². The van der Waals surface area contributed by atoms with E-state index in [9.17, 15) is 0 Å². The van der Waals surface area contributed by atoms with E-state index in [1.807, 2.05) is 0 Å². The van der Waals surface area contributed by atoms with Crippen LogP contribution in [0.25, 0.3) is 0 Å². The fourth-order valence-corrected chi connectivity index (χ4v) is 1.46. The smallest absolute Gasteiger partial charge is 0.0279 e. The summed E-state index contributed by atoms with van der Waals surface area (Å²) in [6, 6.07) is 0. The largest absolute Gasteiger partial charge is 0.0876 e. The molecule has 0 amide bonds. The maximum absolute atomic E-state index is 3.44. The first-order valence-electron chi connectivity index (χ1n) is 3.69. The molecule has 0 aromatic carbocycles. The first-order chi connectivity index (χ1) is 4.74. The molecule has 0 aromatic rings. The molecule has 0 aliphatic heterocycles. The van der Waals surface area contributed by atoms with Gasteiger partial charge in [0.15, 0.2) is 0 Å². The fourth-order valence-electron chi connectivity index (χ4n) is 1.08. The van der Waals surface area contributed by atoms with Crippen LogP contribution in [0.1, 0.15) is 13.8 Å². The van der Waals surface area contributed by atoms with Crippen molar-refractivity contribution in [3.8, 4) is 0 Å². The zero-order valence-corrected chi connectivity index (χ0v) is 8.06. The van der Waals surface area contributed by atoms with Crippen LogP contribution in [0.3, 0.4) is 0 Å². The maximum atomic E-state index is 3.44. The Hall–Kier alpha value is -0.0400. The summed E-state index contributed by atoms with van der Waals surface area (Å²) >= 11 is 3.44. The van der Waals surface area contributed by atoms with E-state index in [0.29, 0.717) is 11.8 Å². The van der Waals surface area contributed by atoms with Gasteiger partial charge >= 0.3 is 0 Å². The molecule has 0 saturated carbocycles. The molecular weight excluding hydrogens is 188 g/mol. The summed E-state index contributed by atoms with van der Waals surface area (Å²) in [5.74, 6) is 1.42. The summed E-state index contributed by atoms with van der Waals surface area (Å²) in [6.07, 6.45) is 6.82.